The molecule has 0 N–H and O–H groups in total. The molecule has 18 nitrogen and oxygen atoms in total. The molecule has 0 fully saturated rings. The van der Waals surface area contributed by atoms with Crippen LogP contribution < -0.4 is 0 Å². The predicted octanol–water partition coefficient (Wildman–Crippen LogP) is 31.6. The van der Waals surface area contributed by atoms with Crippen molar-refractivity contribution < 1.29 is 229 Å². The van der Waals surface area contributed by atoms with E-state index in [1.807, 2.05) is 352 Å². The van der Waals surface area contributed by atoms with Gasteiger partial charge in [0.1, 0.15) is 6.33 Å². The maximum absolute atomic E-state index is 8.38. The Hall–Kier alpha value is -5.75. The SMILES string of the molecule is CC.CC.CC.CC.CC.CC.CC.CC.CC.CC.CC.CC.CC.CC.[CH-]=CC=[CH-].[CH-]=CC=[N-].[CH-]=CN=[CH-].[CH-]=CN=[N-].[CH-]=Cc1[c-]cccc1.[N-]=Cc1[c-]cccc1.[N-]=Nc1[c-]cccc1.[Y].[Y].[Y].[Y].[Y].[Y].[Y].c1ccc2cnccc2c1.c1ccc2ncccc2c1.c1ccc2nccnc2c1.c1ccncc1.c1ccnnc1.c1cnccn1.c1cncnc1. The van der Waals surface area contributed by atoms with E-state index in [9.17, 15) is 0 Å². The standard InChI is InChI=1S/2C9H7N.C8H6N2.C8H6.C7H5N.C6H4N2.C5H5N.3C4H4N2.C4H4.2C3H3N.C2H2N2.14C2H6.7Y/c1-2-6-9-8(4-1)5-3-7-10-9;1-2-4-9-7-10-6-5-8(9)3-1;1-2-4-8-7(3-1)9-5-6-10-8;1-2-8-6-4-3-5-7-8;8-6-7-4-2-1-3-5-7;7-8-6-4-2-1-3-5-6;1-2-4-6-5-3-1;1-2-6-4-3-5-1;1-2-5-4-6-3-1;1-2-4-6-5-3-1;2*1-3-4-2;1-2-3-4;1-2-4-3;14*1-2;;;;;;;/h2*1-7H;1-6H;1-6H;1-4,6H;1-4H;1-5H;3*1-4H;1-4H;2*1-3H;1-2H;14*1-2H3;;;;;;;/q;;;3*-2;;;;;4*-2;;;;;;;;;;;;;;;;;;;;;. The Morgan fingerprint density at radius 1 is 0.287 bits per heavy atom. The van der Waals surface area contributed by atoms with Crippen molar-refractivity contribution in [3.8, 4) is 0 Å². The summed E-state index contributed by atoms with van der Waals surface area (Å²) in [6.45, 7) is 88.8. The van der Waals surface area contributed by atoms with Gasteiger partial charge >= 0.3 is 0 Å². The molecule has 7 radical (unpaired) electrons. The molecule has 0 atom stereocenters. The average Bonchev–Trinajstić information content (AvgIpc) is 0.884. The van der Waals surface area contributed by atoms with Gasteiger partial charge in [0.15, 0.2) is 0 Å². The van der Waals surface area contributed by atoms with Gasteiger partial charge in [-0.1, -0.05) is 266 Å². The molecule has 0 spiro atoms. The minimum atomic E-state index is 0. The summed E-state index contributed by atoms with van der Waals surface area (Å²) in [5.74, 6) is 0. The number of nitrogens with zero attached hydrogens (tertiary/aromatic N) is 18. The van der Waals surface area contributed by atoms with Crippen molar-refractivity contribution in [3.63, 3.8) is 0 Å². The van der Waals surface area contributed by atoms with E-state index in [0.29, 0.717) is 11.3 Å². The molecule has 0 aliphatic heterocycles. The third-order valence-corrected chi connectivity index (χ3v) is 9.38. The third-order valence-electron chi connectivity index (χ3n) is 9.38. The summed E-state index contributed by atoms with van der Waals surface area (Å²) >= 11 is 0. The molecule has 0 saturated heterocycles. The average molecular weight is 2270 g/mol. The van der Waals surface area contributed by atoms with Gasteiger partial charge in [0.05, 0.1) is 16.6 Å². The summed E-state index contributed by atoms with van der Waals surface area (Å²) in [5.41, 5.74) is 20.5. The molecule has 7 heterocycles. The van der Waals surface area contributed by atoms with Crippen molar-refractivity contribution >= 4 is 63.6 Å². The minimum absolute atomic E-state index is 0. The van der Waals surface area contributed by atoms with Crippen molar-refractivity contribution in [1.29, 1.82) is 0 Å². The molecule has 0 amide bonds. The van der Waals surface area contributed by atoms with E-state index in [1.54, 1.807) is 111 Å². The second-order valence-corrected chi connectivity index (χ2v) is 15.8. The van der Waals surface area contributed by atoms with Gasteiger partial charge in [-0.2, -0.15) is 65.1 Å². The van der Waals surface area contributed by atoms with Crippen LogP contribution >= 0.6 is 0 Å². The van der Waals surface area contributed by atoms with E-state index in [-0.39, 0.29) is 229 Å². The van der Waals surface area contributed by atoms with Gasteiger partial charge in [-0.05, 0) is 71.4 Å². The fraction of sp³-hybridized carbons (Fsp3) is 0.269. The number of fused-ring (bicyclic) bond motifs is 3. The van der Waals surface area contributed by atoms with Crippen molar-refractivity contribution in [2.75, 3.05) is 0 Å². The molecular weight excluding hydrogens is 2120 g/mol. The van der Waals surface area contributed by atoms with Gasteiger partial charge in [-0.3, -0.25) is 53.8 Å². The fourth-order valence-electron chi connectivity index (χ4n) is 5.47. The van der Waals surface area contributed by atoms with Gasteiger partial charge in [-0.15, -0.1) is 42.5 Å². The molecule has 6 aromatic carbocycles. The van der Waals surface area contributed by atoms with Crippen LogP contribution in [0.2, 0.25) is 0 Å². The fourth-order valence-corrected chi connectivity index (χ4v) is 5.47. The molecule has 13 rings (SSSR count). The second kappa shape index (κ2) is 198. The quantitative estimate of drug-likeness (QED) is 0.0626. The smallest absolute Gasteiger partial charge is 0.115 e. The van der Waals surface area contributed by atoms with Gasteiger partial charge in [0.2, 0.25) is 0 Å². The number of pyridine rings is 3. The minimum Gasteiger partial charge on any atom is -0.911 e. The maximum atomic E-state index is 8.38. The van der Waals surface area contributed by atoms with Crippen LogP contribution in [0.3, 0.4) is 0 Å². The molecule has 0 unspecified atom stereocenters. The summed E-state index contributed by atoms with van der Waals surface area (Å²) in [6.07, 6.45) is 35.9. The molecule has 0 saturated carbocycles. The molecule has 25 heteroatoms. The summed E-state index contributed by atoms with van der Waals surface area (Å²) in [7, 11) is 0. The molecule has 689 valence electrons. The first-order valence-electron chi connectivity index (χ1n) is 41.2. The second-order valence-electron chi connectivity index (χ2n) is 15.8. The summed E-state index contributed by atoms with van der Waals surface area (Å²) in [4.78, 5) is 37.9. The first-order valence-corrected chi connectivity index (χ1v) is 41.2. The van der Waals surface area contributed by atoms with Crippen LogP contribution in [0.15, 0.2) is 345 Å². The largest absolute Gasteiger partial charge is 0.911 e. The van der Waals surface area contributed by atoms with Crippen LogP contribution in [0.1, 0.15) is 205 Å². The Labute approximate surface area is 964 Å². The van der Waals surface area contributed by atoms with Crippen LogP contribution in [-0.4, -0.2) is 74.2 Å². The Bertz CT molecular complexity index is 3190. The van der Waals surface area contributed by atoms with Crippen LogP contribution in [0.25, 0.3) is 60.7 Å². The van der Waals surface area contributed by atoms with E-state index in [4.69, 9.17) is 41.6 Å². The van der Waals surface area contributed by atoms with Crippen molar-refractivity contribution in [2.24, 2.45) is 15.2 Å². The molecule has 7 aromatic heterocycles. The van der Waals surface area contributed by atoms with Gasteiger partial charge in [0.25, 0.3) is 0 Å². The van der Waals surface area contributed by atoms with E-state index < -0.39 is 0 Å². The van der Waals surface area contributed by atoms with E-state index in [0.717, 1.165) is 53.0 Å². The molecule has 129 heavy (non-hydrogen) atoms. The maximum Gasteiger partial charge on any atom is 0.115 e. The number of aliphatic imine (C=N–C) groups is 1. The Balaban J connectivity index is -0.0000000469. The topological polar surface area (TPSA) is 268 Å². The number of benzene rings is 6. The Morgan fingerprint density at radius 2 is 0.612 bits per heavy atom. The molecule has 0 bridgehead atoms. The molecule has 0 aliphatic rings. The van der Waals surface area contributed by atoms with Crippen LogP contribution in [0.4, 0.5) is 5.69 Å². The molecule has 0 aliphatic carbocycles. The normalized spacial score (nSPS) is 6.67. The zero-order valence-corrected chi connectivity index (χ0v) is 103. The number of hydrogen-bond donors (Lipinski definition) is 0. The van der Waals surface area contributed by atoms with Gasteiger partial charge in [-0.25, -0.2) is 22.1 Å². The van der Waals surface area contributed by atoms with E-state index >= 15 is 0 Å². The van der Waals surface area contributed by atoms with Crippen molar-refractivity contribution in [1.82, 2.24) is 55.1 Å². The summed E-state index contributed by atoms with van der Waals surface area (Å²) < 4.78 is 0. The predicted molar refractivity (Wildman–Crippen MR) is 539 cm³/mol. The number of aromatic nitrogens is 11. The molecular formula is C104H148N18Y7-14. The monoisotopic (exact) mass is 2270 g/mol. The third kappa shape index (κ3) is 157. The summed E-state index contributed by atoms with van der Waals surface area (Å²) in [5, 5.41) is 32.0. The van der Waals surface area contributed by atoms with Crippen molar-refractivity contribution in [2.45, 2.75) is 194 Å². The zero-order chi connectivity index (χ0) is 96.5. The van der Waals surface area contributed by atoms with Crippen molar-refractivity contribution in [3.05, 3.63) is 421 Å². The van der Waals surface area contributed by atoms with Gasteiger partial charge < -0.3 is 106 Å². The number of allylic oxidation sites excluding steroid dienone is 3. The van der Waals surface area contributed by atoms with Crippen LogP contribution in [-0.2, 0) is 229 Å². The number of hydrogen-bond acceptors (Lipinski definition) is 14. The number of rotatable bonds is 7. The first kappa shape index (κ1) is 180. The zero-order valence-electron chi connectivity index (χ0n) is 83.0. The van der Waals surface area contributed by atoms with Crippen LogP contribution in [0, 0.1) is 57.7 Å². The Morgan fingerprint density at radius 3 is 0.845 bits per heavy atom. The number of para-hydroxylation sites is 3. The van der Waals surface area contributed by atoms with Gasteiger partial charge in [0, 0.05) is 327 Å². The Kier molecular flexibility index (Phi) is 276. The summed E-state index contributed by atoms with van der Waals surface area (Å²) in [6, 6.07) is 71.4. The first-order chi connectivity index (χ1) is 60.4. The van der Waals surface area contributed by atoms with E-state index in [2.05, 4.69) is 139 Å². The van der Waals surface area contributed by atoms with Crippen LogP contribution in [0.5, 0.6) is 0 Å². The van der Waals surface area contributed by atoms with E-state index in [1.165, 1.54) is 40.7 Å². The molecule has 13 aromatic rings.